The van der Waals surface area contributed by atoms with E-state index in [1.165, 1.54) is 24.3 Å². The van der Waals surface area contributed by atoms with Crippen LogP contribution in [0, 0.1) is 0 Å². The summed E-state index contributed by atoms with van der Waals surface area (Å²) in [5, 5.41) is 8.19. The van der Waals surface area contributed by atoms with Crippen molar-refractivity contribution in [3.63, 3.8) is 0 Å². The molecule has 0 atom stereocenters. The molecule has 1 aromatic carbocycles. The molecule has 0 aliphatic carbocycles. The molecular weight excluding hydrogens is 319 g/mol. The molecule has 116 valence electrons. The number of rotatable bonds is 5. The van der Waals surface area contributed by atoms with E-state index in [0.717, 1.165) is 5.56 Å². The van der Waals surface area contributed by atoms with Crippen LogP contribution < -0.4 is 29.6 Å². The molecule has 0 spiro atoms. The van der Waals surface area contributed by atoms with Gasteiger partial charge in [-0.3, -0.25) is 0 Å². The smallest absolute Gasteiger partial charge is 0.744 e. The van der Waals surface area contributed by atoms with Crippen molar-refractivity contribution in [2.75, 3.05) is 13.2 Å². The SMILES string of the molecule is C=C(C)C(=O)OCCO.C=Cc1ccc(S(=O)(=O)[O-])cc1.[Na+]. The third-order valence-electron chi connectivity index (χ3n) is 2.08. The molecule has 1 N–H and O–H groups in total. The molecule has 8 heteroatoms. The van der Waals surface area contributed by atoms with Gasteiger partial charge >= 0.3 is 35.5 Å². The molecule has 0 saturated carbocycles. The van der Waals surface area contributed by atoms with Gasteiger partial charge in [0.15, 0.2) is 0 Å². The second kappa shape index (κ2) is 11.6. The summed E-state index contributed by atoms with van der Waals surface area (Å²) in [6, 6.07) is 5.58. The Balaban J connectivity index is 0. The maximum Gasteiger partial charge on any atom is 1.00 e. The number of esters is 1. The van der Waals surface area contributed by atoms with Crippen molar-refractivity contribution < 1.29 is 57.2 Å². The van der Waals surface area contributed by atoms with Crippen molar-refractivity contribution >= 4 is 22.2 Å². The predicted molar refractivity (Wildman–Crippen MR) is 77.4 cm³/mol. The molecule has 1 rings (SSSR count). The maximum atomic E-state index is 10.5. The Kier molecular flexibility index (Phi) is 12.3. The van der Waals surface area contributed by atoms with E-state index in [1.807, 2.05) is 0 Å². The molecule has 0 aliphatic heterocycles. The molecule has 0 unspecified atom stereocenters. The van der Waals surface area contributed by atoms with Crippen molar-refractivity contribution in [3.05, 3.63) is 48.6 Å². The standard InChI is InChI=1S/C8H8O3S.C6H10O3.Na/c1-2-7-3-5-8(6-4-7)12(9,10)11;1-5(2)6(8)9-4-3-7;/h2-6H,1H2,(H,9,10,11);7H,1,3-4H2,2H3;/q;;+1/p-1. The number of hydrogen-bond acceptors (Lipinski definition) is 6. The van der Waals surface area contributed by atoms with Crippen LogP contribution in [0.15, 0.2) is 47.9 Å². The van der Waals surface area contributed by atoms with Gasteiger partial charge < -0.3 is 14.4 Å². The van der Waals surface area contributed by atoms with Gasteiger partial charge in [-0.1, -0.05) is 31.4 Å². The van der Waals surface area contributed by atoms with E-state index in [-0.39, 0.29) is 47.7 Å². The molecule has 0 saturated heterocycles. The van der Waals surface area contributed by atoms with Crippen LogP contribution in [0.5, 0.6) is 0 Å². The van der Waals surface area contributed by atoms with Crippen LogP contribution in [-0.4, -0.2) is 37.3 Å². The summed E-state index contributed by atoms with van der Waals surface area (Å²) in [4.78, 5) is 10.3. The van der Waals surface area contributed by atoms with E-state index in [9.17, 15) is 17.8 Å². The first-order valence-corrected chi connectivity index (χ1v) is 7.25. The molecule has 0 fully saturated rings. The Morgan fingerprint density at radius 1 is 1.36 bits per heavy atom. The fraction of sp³-hybridized carbons (Fsp3) is 0.214. The molecule has 6 nitrogen and oxygen atoms in total. The molecule has 0 aliphatic rings. The number of carbonyl (C=O) groups is 1. The van der Waals surface area contributed by atoms with E-state index >= 15 is 0 Å². The Bertz CT molecular complexity index is 592. The van der Waals surface area contributed by atoms with Gasteiger partial charge in [0.2, 0.25) is 0 Å². The summed E-state index contributed by atoms with van der Waals surface area (Å²) in [7, 11) is -4.31. The predicted octanol–water partition coefficient (Wildman–Crippen LogP) is -1.66. The van der Waals surface area contributed by atoms with Crippen molar-refractivity contribution in [1.29, 1.82) is 0 Å². The topological polar surface area (TPSA) is 104 Å². The quantitative estimate of drug-likeness (QED) is 0.299. The first-order valence-electron chi connectivity index (χ1n) is 5.84. The average molecular weight is 336 g/mol. The Hall–Kier alpha value is -0.960. The fourth-order valence-corrected chi connectivity index (χ4v) is 1.50. The molecule has 0 radical (unpaired) electrons. The number of carbonyl (C=O) groups excluding carboxylic acids is 1. The van der Waals surface area contributed by atoms with Gasteiger partial charge in [0.05, 0.1) is 11.5 Å². The first-order chi connectivity index (χ1) is 9.72. The van der Waals surface area contributed by atoms with Gasteiger partial charge in [-0.15, -0.1) is 0 Å². The van der Waals surface area contributed by atoms with Crippen LogP contribution in [-0.2, 0) is 19.6 Å². The van der Waals surface area contributed by atoms with E-state index in [4.69, 9.17) is 5.11 Å². The van der Waals surface area contributed by atoms with E-state index in [0.29, 0.717) is 5.57 Å². The molecule has 0 aromatic heterocycles. The van der Waals surface area contributed by atoms with E-state index < -0.39 is 16.1 Å². The number of benzene rings is 1. The Morgan fingerprint density at radius 2 is 1.86 bits per heavy atom. The molecule has 0 amide bonds. The molecule has 1 aromatic rings. The normalized spacial score (nSPS) is 9.59. The summed E-state index contributed by atoms with van der Waals surface area (Å²) >= 11 is 0. The zero-order valence-electron chi connectivity index (χ0n) is 12.6. The van der Waals surface area contributed by atoms with Gasteiger partial charge in [0.25, 0.3) is 0 Å². The van der Waals surface area contributed by atoms with Gasteiger partial charge in [-0.2, -0.15) is 0 Å². The summed E-state index contributed by atoms with van der Waals surface area (Å²) < 4.78 is 35.8. The zero-order chi connectivity index (χ0) is 16.5. The van der Waals surface area contributed by atoms with Crippen LogP contribution in [0.3, 0.4) is 0 Å². The van der Waals surface area contributed by atoms with E-state index in [1.54, 1.807) is 13.0 Å². The van der Waals surface area contributed by atoms with Gasteiger partial charge in [0.1, 0.15) is 16.7 Å². The number of ether oxygens (including phenoxy) is 1. The van der Waals surface area contributed by atoms with Gasteiger partial charge in [-0.25, -0.2) is 13.2 Å². The number of aliphatic hydroxyl groups is 1. The summed E-state index contributed by atoms with van der Waals surface area (Å²) in [6.07, 6.45) is 1.57. The molecule has 0 bridgehead atoms. The second-order valence-electron chi connectivity index (χ2n) is 3.87. The van der Waals surface area contributed by atoms with Crippen LogP contribution in [0.25, 0.3) is 6.08 Å². The average Bonchev–Trinajstić information content (AvgIpc) is 2.44. The Morgan fingerprint density at radius 3 is 2.18 bits per heavy atom. The Labute approximate surface area is 152 Å². The third kappa shape index (κ3) is 9.88. The molecule has 0 heterocycles. The third-order valence-corrected chi connectivity index (χ3v) is 2.93. The van der Waals surface area contributed by atoms with Gasteiger partial charge in [0, 0.05) is 5.57 Å². The number of aliphatic hydroxyl groups excluding tert-OH is 1. The fourth-order valence-electron chi connectivity index (χ4n) is 1.03. The zero-order valence-corrected chi connectivity index (χ0v) is 15.4. The second-order valence-corrected chi connectivity index (χ2v) is 5.25. The minimum absolute atomic E-state index is 0. The minimum atomic E-state index is -4.31. The summed E-state index contributed by atoms with van der Waals surface area (Å²) in [5.41, 5.74) is 1.13. The minimum Gasteiger partial charge on any atom is -0.744 e. The van der Waals surface area contributed by atoms with Crippen molar-refractivity contribution in [3.8, 4) is 0 Å². The molecule has 22 heavy (non-hydrogen) atoms. The van der Waals surface area contributed by atoms with Crippen molar-refractivity contribution in [2.24, 2.45) is 0 Å². The van der Waals surface area contributed by atoms with Crippen LogP contribution in [0.4, 0.5) is 0 Å². The largest absolute Gasteiger partial charge is 1.00 e. The van der Waals surface area contributed by atoms with Crippen LogP contribution in [0.1, 0.15) is 12.5 Å². The first kappa shape index (κ1) is 23.3. The van der Waals surface area contributed by atoms with E-state index in [2.05, 4.69) is 17.9 Å². The maximum absolute atomic E-state index is 10.5. The summed E-state index contributed by atoms with van der Waals surface area (Å²) in [5.74, 6) is -0.455. The van der Waals surface area contributed by atoms with Crippen molar-refractivity contribution in [2.45, 2.75) is 11.8 Å². The number of hydrogen-bond donors (Lipinski definition) is 1. The van der Waals surface area contributed by atoms with Crippen LogP contribution in [0.2, 0.25) is 0 Å². The van der Waals surface area contributed by atoms with Crippen LogP contribution >= 0.6 is 0 Å². The molecular formula is C14H17NaO6S. The van der Waals surface area contributed by atoms with Gasteiger partial charge in [-0.05, 0) is 24.6 Å². The summed E-state index contributed by atoms with van der Waals surface area (Å²) in [6.45, 7) is 8.31. The van der Waals surface area contributed by atoms with Crippen molar-refractivity contribution in [1.82, 2.24) is 0 Å². The monoisotopic (exact) mass is 336 g/mol.